The van der Waals surface area contributed by atoms with Crippen LogP contribution in [0.15, 0.2) is 30.6 Å². The molecule has 3 rings (SSSR count). The Morgan fingerprint density at radius 2 is 2.28 bits per heavy atom. The summed E-state index contributed by atoms with van der Waals surface area (Å²) in [6, 6.07) is 8.05. The zero-order valence-corrected chi connectivity index (χ0v) is 9.81. The third-order valence-electron chi connectivity index (χ3n) is 2.88. The Bertz CT molecular complexity index is 718. The number of nitrogens with zero attached hydrogens (tertiary/aromatic N) is 3. The van der Waals surface area contributed by atoms with Crippen molar-refractivity contribution in [2.75, 3.05) is 0 Å². The molecule has 0 saturated heterocycles. The molecule has 1 aromatic carbocycles. The summed E-state index contributed by atoms with van der Waals surface area (Å²) in [5.74, 6) is 1.15. The molecule has 88 valence electrons. The van der Waals surface area contributed by atoms with Gasteiger partial charge in [-0.05, 0) is 24.6 Å². The number of nitriles is 1. The number of aromatic nitrogens is 4. The van der Waals surface area contributed by atoms with Gasteiger partial charge >= 0.3 is 0 Å². The number of benzene rings is 1. The van der Waals surface area contributed by atoms with E-state index < -0.39 is 0 Å². The van der Waals surface area contributed by atoms with Crippen LogP contribution in [0.4, 0.5) is 0 Å². The maximum Gasteiger partial charge on any atom is 0.129 e. The van der Waals surface area contributed by atoms with Crippen molar-refractivity contribution in [3.8, 4) is 6.07 Å². The highest BCUT2D eigenvalue weighted by Gasteiger charge is 2.16. The van der Waals surface area contributed by atoms with Crippen LogP contribution in [0.2, 0.25) is 0 Å². The fraction of sp³-hybridized carbons (Fsp3) is 0.154. The van der Waals surface area contributed by atoms with Crippen molar-refractivity contribution in [2.45, 2.75) is 12.8 Å². The lowest BCUT2D eigenvalue weighted by Crippen LogP contribution is -2.00. The molecule has 0 bridgehead atoms. The van der Waals surface area contributed by atoms with Crippen molar-refractivity contribution in [3.05, 3.63) is 47.8 Å². The Hall–Kier alpha value is -2.61. The van der Waals surface area contributed by atoms with Gasteiger partial charge in [0.2, 0.25) is 0 Å². The van der Waals surface area contributed by atoms with Crippen LogP contribution in [0.3, 0.4) is 0 Å². The Labute approximate surface area is 104 Å². The van der Waals surface area contributed by atoms with Crippen LogP contribution in [-0.2, 0) is 0 Å². The van der Waals surface area contributed by atoms with Crippen LogP contribution >= 0.6 is 0 Å². The molecule has 0 radical (unpaired) electrons. The number of rotatable bonds is 2. The molecule has 0 aliphatic rings. The highest BCUT2D eigenvalue weighted by molar-refractivity contribution is 5.76. The maximum absolute atomic E-state index is 9.29. The molecule has 0 spiro atoms. The average molecular weight is 237 g/mol. The van der Waals surface area contributed by atoms with Crippen LogP contribution in [0.1, 0.15) is 23.1 Å². The number of aromatic amines is 2. The maximum atomic E-state index is 9.29. The molecule has 5 heteroatoms. The Morgan fingerprint density at radius 3 is 3.00 bits per heavy atom. The fourth-order valence-electron chi connectivity index (χ4n) is 2.06. The number of nitrogens with one attached hydrogen (secondary N) is 2. The lowest BCUT2D eigenvalue weighted by molar-refractivity contribution is 0.928. The quantitative estimate of drug-likeness (QED) is 0.717. The predicted molar refractivity (Wildman–Crippen MR) is 66.9 cm³/mol. The van der Waals surface area contributed by atoms with Crippen molar-refractivity contribution in [1.29, 1.82) is 5.26 Å². The first-order chi connectivity index (χ1) is 8.78. The second-order valence-electron chi connectivity index (χ2n) is 4.14. The first-order valence-electron chi connectivity index (χ1n) is 5.63. The topological polar surface area (TPSA) is 81.2 Å². The highest BCUT2D eigenvalue weighted by atomic mass is 14.9. The number of aryl methyl sites for hydroxylation is 1. The van der Waals surface area contributed by atoms with E-state index in [1.807, 2.05) is 25.1 Å². The van der Waals surface area contributed by atoms with Crippen molar-refractivity contribution < 1.29 is 0 Å². The minimum Gasteiger partial charge on any atom is -0.347 e. The number of H-pyrrole nitrogens is 2. The van der Waals surface area contributed by atoms with E-state index in [1.165, 1.54) is 0 Å². The average Bonchev–Trinajstić information content (AvgIpc) is 2.97. The second kappa shape index (κ2) is 4.00. The van der Waals surface area contributed by atoms with E-state index in [0.717, 1.165) is 22.4 Å². The SMILES string of the molecule is Cc1nc2ccc(C(C#N)c3ncc[nH]3)cc2[nH]1. The summed E-state index contributed by atoms with van der Waals surface area (Å²) in [7, 11) is 0. The molecule has 0 aliphatic carbocycles. The van der Waals surface area contributed by atoms with Crippen molar-refractivity contribution in [3.63, 3.8) is 0 Å². The molecule has 18 heavy (non-hydrogen) atoms. The third kappa shape index (κ3) is 1.64. The van der Waals surface area contributed by atoms with Gasteiger partial charge in [-0.15, -0.1) is 0 Å². The van der Waals surface area contributed by atoms with E-state index in [4.69, 9.17) is 0 Å². The monoisotopic (exact) mass is 237 g/mol. The number of fused-ring (bicyclic) bond motifs is 1. The Kier molecular flexibility index (Phi) is 2.34. The zero-order chi connectivity index (χ0) is 12.5. The fourth-order valence-corrected chi connectivity index (χ4v) is 2.06. The molecular formula is C13H11N5. The van der Waals surface area contributed by atoms with E-state index >= 15 is 0 Å². The zero-order valence-electron chi connectivity index (χ0n) is 9.81. The molecule has 1 atom stereocenters. The summed E-state index contributed by atoms with van der Waals surface area (Å²) in [4.78, 5) is 14.6. The molecule has 2 N–H and O–H groups in total. The first-order valence-corrected chi connectivity index (χ1v) is 5.63. The van der Waals surface area contributed by atoms with Gasteiger partial charge in [-0.3, -0.25) is 0 Å². The molecule has 0 saturated carbocycles. The van der Waals surface area contributed by atoms with Gasteiger partial charge < -0.3 is 9.97 Å². The molecule has 3 aromatic rings. The second-order valence-corrected chi connectivity index (χ2v) is 4.14. The summed E-state index contributed by atoms with van der Waals surface area (Å²) in [6.07, 6.45) is 3.37. The van der Waals surface area contributed by atoms with E-state index in [-0.39, 0.29) is 5.92 Å². The predicted octanol–water partition coefficient (Wildman–Crippen LogP) is 2.25. The summed E-state index contributed by atoms with van der Waals surface area (Å²) in [5.41, 5.74) is 2.76. The van der Waals surface area contributed by atoms with Gasteiger partial charge in [0.1, 0.15) is 17.6 Å². The van der Waals surface area contributed by atoms with Crippen LogP contribution in [-0.4, -0.2) is 19.9 Å². The highest BCUT2D eigenvalue weighted by Crippen LogP contribution is 2.24. The largest absolute Gasteiger partial charge is 0.347 e. The van der Waals surface area contributed by atoms with Crippen molar-refractivity contribution in [2.24, 2.45) is 0 Å². The summed E-state index contributed by atoms with van der Waals surface area (Å²) < 4.78 is 0. The molecule has 0 amide bonds. The summed E-state index contributed by atoms with van der Waals surface area (Å²) in [6.45, 7) is 1.91. The minimum absolute atomic E-state index is 0.381. The van der Waals surface area contributed by atoms with Gasteiger partial charge in [-0.2, -0.15) is 5.26 Å². The lowest BCUT2D eigenvalue weighted by Gasteiger charge is -2.06. The van der Waals surface area contributed by atoms with Crippen LogP contribution in [0.25, 0.3) is 11.0 Å². The number of hydrogen-bond donors (Lipinski definition) is 2. The smallest absolute Gasteiger partial charge is 0.129 e. The van der Waals surface area contributed by atoms with E-state index in [0.29, 0.717) is 5.82 Å². The summed E-state index contributed by atoms with van der Waals surface area (Å²) >= 11 is 0. The van der Waals surface area contributed by atoms with Gasteiger partial charge in [-0.1, -0.05) is 6.07 Å². The van der Waals surface area contributed by atoms with E-state index in [9.17, 15) is 5.26 Å². The van der Waals surface area contributed by atoms with Crippen LogP contribution < -0.4 is 0 Å². The lowest BCUT2D eigenvalue weighted by atomic mass is 9.99. The molecule has 1 unspecified atom stereocenters. The van der Waals surface area contributed by atoms with Gasteiger partial charge in [0.15, 0.2) is 0 Å². The molecular weight excluding hydrogens is 226 g/mol. The number of imidazole rings is 2. The van der Waals surface area contributed by atoms with Crippen molar-refractivity contribution >= 4 is 11.0 Å². The van der Waals surface area contributed by atoms with E-state index in [2.05, 4.69) is 26.0 Å². The number of hydrogen-bond acceptors (Lipinski definition) is 3. The molecule has 0 aliphatic heterocycles. The van der Waals surface area contributed by atoms with Gasteiger partial charge in [0, 0.05) is 12.4 Å². The van der Waals surface area contributed by atoms with E-state index in [1.54, 1.807) is 12.4 Å². The Morgan fingerprint density at radius 1 is 1.39 bits per heavy atom. The Balaban J connectivity index is 2.10. The molecule has 0 fully saturated rings. The minimum atomic E-state index is -0.381. The van der Waals surface area contributed by atoms with Crippen LogP contribution in [0.5, 0.6) is 0 Å². The van der Waals surface area contributed by atoms with Crippen LogP contribution in [0, 0.1) is 18.3 Å². The first kappa shape index (κ1) is 10.5. The molecule has 5 nitrogen and oxygen atoms in total. The molecule has 2 aromatic heterocycles. The standard InChI is InChI=1S/C13H11N5/c1-8-17-11-3-2-9(6-12(11)18-8)10(7-14)13-15-4-5-16-13/h2-6,10H,1H3,(H,15,16)(H,17,18). The normalized spacial score (nSPS) is 12.4. The van der Waals surface area contributed by atoms with Crippen molar-refractivity contribution in [1.82, 2.24) is 19.9 Å². The van der Waals surface area contributed by atoms with Gasteiger partial charge in [-0.25, -0.2) is 9.97 Å². The van der Waals surface area contributed by atoms with Gasteiger partial charge in [0.05, 0.1) is 17.1 Å². The molecule has 2 heterocycles. The van der Waals surface area contributed by atoms with Gasteiger partial charge in [0.25, 0.3) is 0 Å². The third-order valence-corrected chi connectivity index (χ3v) is 2.88. The summed E-state index contributed by atoms with van der Waals surface area (Å²) in [5, 5.41) is 9.29.